The Bertz CT molecular complexity index is 477. The lowest BCUT2D eigenvalue weighted by Crippen LogP contribution is -2.42. The highest BCUT2D eigenvalue weighted by atomic mass is 15.3. The molecule has 1 N–H and O–H groups in total. The largest absolute Gasteiger partial charge is 0.312 e. The van der Waals surface area contributed by atoms with Crippen molar-refractivity contribution in [2.75, 3.05) is 6.54 Å². The van der Waals surface area contributed by atoms with Gasteiger partial charge in [-0.05, 0) is 24.7 Å². The molecule has 2 heterocycles. The van der Waals surface area contributed by atoms with Crippen molar-refractivity contribution in [3.05, 3.63) is 11.6 Å². The highest BCUT2D eigenvalue weighted by molar-refractivity contribution is 5.17. The van der Waals surface area contributed by atoms with Gasteiger partial charge in [-0.1, -0.05) is 40.5 Å². The van der Waals surface area contributed by atoms with E-state index in [4.69, 9.17) is 0 Å². The Morgan fingerprint density at radius 2 is 1.95 bits per heavy atom. The lowest BCUT2D eigenvalue weighted by Gasteiger charge is -2.36. The second kappa shape index (κ2) is 4.83. The maximum absolute atomic E-state index is 4.66. The molecule has 0 amide bonds. The van der Waals surface area contributed by atoms with E-state index in [1.165, 1.54) is 37.9 Å². The van der Waals surface area contributed by atoms with Crippen LogP contribution < -0.4 is 5.32 Å². The van der Waals surface area contributed by atoms with Crippen LogP contribution in [-0.4, -0.2) is 21.3 Å². The highest BCUT2D eigenvalue weighted by Gasteiger charge is 2.41. The first kappa shape index (κ1) is 14.1. The number of hydrogen-bond donors (Lipinski definition) is 1. The molecule has 4 heteroatoms. The van der Waals surface area contributed by atoms with Gasteiger partial charge in [0.25, 0.3) is 0 Å². The van der Waals surface area contributed by atoms with Crippen molar-refractivity contribution in [1.29, 1.82) is 0 Å². The van der Waals surface area contributed by atoms with Crippen LogP contribution in [0.15, 0.2) is 0 Å². The molecule has 112 valence electrons. The molecule has 1 aliphatic heterocycles. The van der Waals surface area contributed by atoms with Gasteiger partial charge in [0, 0.05) is 18.5 Å². The van der Waals surface area contributed by atoms with Crippen molar-refractivity contribution >= 4 is 0 Å². The Labute approximate surface area is 122 Å². The summed E-state index contributed by atoms with van der Waals surface area (Å²) in [6.07, 6.45) is 6.46. The maximum atomic E-state index is 4.66. The Morgan fingerprint density at radius 1 is 1.25 bits per heavy atom. The Balaban J connectivity index is 2.02. The van der Waals surface area contributed by atoms with E-state index >= 15 is 0 Å². The van der Waals surface area contributed by atoms with Crippen LogP contribution in [0.5, 0.6) is 0 Å². The summed E-state index contributed by atoms with van der Waals surface area (Å²) in [5.74, 6) is 2.42. The van der Waals surface area contributed by atoms with Gasteiger partial charge in [-0.15, -0.1) is 10.2 Å². The first-order chi connectivity index (χ1) is 9.48. The Kier molecular flexibility index (Phi) is 3.39. The normalized spacial score (nSPS) is 25.7. The molecule has 0 radical (unpaired) electrons. The summed E-state index contributed by atoms with van der Waals surface area (Å²) < 4.78 is 2.43. The van der Waals surface area contributed by atoms with E-state index in [-0.39, 0.29) is 5.41 Å². The average molecular weight is 276 g/mol. The molecule has 1 saturated carbocycles. The lowest BCUT2D eigenvalue weighted by atomic mass is 9.81. The Hall–Kier alpha value is -0.900. The fourth-order valence-electron chi connectivity index (χ4n) is 4.03. The third-order valence-corrected chi connectivity index (χ3v) is 5.30. The van der Waals surface area contributed by atoms with Gasteiger partial charge in [0.15, 0.2) is 5.82 Å². The predicted octanol–water partition coefficient (Wildman–Crippen LogP) is 3.19. The zero-order valence-electron chi connectivity index (χ0n) is 13.4. The SMILES string of the molecule is CCC1(c2nnc3n2CCNC3C(C)(C)C)CCCC1. The molecule has 3 rings (SSSR count). The molecular formula is C16H28N4. The van der Waals surface area contributed by atoms with E-state index in [9.17, 15) is 0 Å². The zero-order valence-corrected chi connectivity index (χ0v) is 13.4. The average Bonchev–Trinajstić information content (AvgIpc) is 3.04. The second-order valence-corrected chi connectivity index (χ2v) is 7.63. The molecule has 0 aromatic carbocycles. The Morgan fingerprint density at radius 3 is 2.55 bits per heavy atom. The zero-order chi connectivity index (χ0) is 14.4. The van der Waals surface area contributed by atoms with E-state index in [1.807, 2.05) is 0 Å². The first-order valence-electron chi connectivity index (χ1n) is 8.15. The monoisotopic (exact) mass is 276 g/mol. The van der Waals surface area contributed by atoms with Gasteiger partial charge >= 0.3 is 0 Å². The van der Waals surface area contributed by atoms with Crippen LogP contribution in [0.1, 0.15) is 77.5 Å². The number of nitrogens with one attached hydrogen (secondary N) is 1. The number of hydrogen-bond acceptors (Lipinski definition) is 3. The first-order valence-corrected chi connectivity index (χ1v) is 8.15. The van der Waals surface area contributed by atoms with Crippen LogP contribution in [0, 0.1) is 5.41 Å². The highest BCUT2D eigenvalue weighted by Crippen LogP contribution is 2.44. The second-order valence-electron chi connectivity index (χ2n) is 7.63. The molecule has 1 fully saturated rings. The van der Waals surface area contributed by atoms with Crippen molar-refractivity contribution in [1.82, 2.24) is 20.1 Å². The summed E-state index contributed by atoms with van der Waals surface area (Å²) in [5, 5.41) is 12.9. The van der Waals surface area contributed by atoms with E-state index < -0.39 is 0 Å². The van der Waals surface area contributed by atoms with Gasteiger partial charge < -0.3 is 9.88 Å². The fraction of sp³-hybridized carbons (Fsp3) is 0.875. The molecule has 4 nitrogen and oxygen atoms in total. The minimum atomic E-state index is 0.178. The van der Waals surface area contributed by atoms with E-state index in [2.05, 4.69) is 47.8 Å². The summed E-state index contributed by atoms with van der Waals surface area (Å²) in [6, 6.07) is 0.313. The van der Waals surface area contributed by atoms with Gasteiger partial charge in [-0.3, -0.25) is 0 Å². The standard InChI is InChI=1S/C16H28N4/c1-5-16(8-6-7-9-16)14-19-18-13-12(15(2,3)4)17-10-11-20(13)14/h12,17H,5-11H2,1-4H3. The molecule has 0 bridgehead atoms. The van der Waals surface area contributed by atoms with Crippen molar-refractivity contribution in [2.24, 2.45) is 5.41 Å². The number of nitrogens with zero attached hydrogens (tertiary/aromatic N) is 3. The van der Waals surface area contributed by atoms with E-state index in [0.717, 1.165) is 18.9 Å². The van der Waals surface area contributed by atoms with Crippen LogP contribution in [0.2, 0.25) is 0 Å². The van der Waals surface area contributed by atoms with E-state index in [1.54, 1.807) is 0 Å². The minimum absolute atomic E-state index is 0.178. The number of rotatable bonds is 2. The molecule has 1 aliphatic carbocycles. The molecule has 0 spiro atoms. The third-order valence-electron chi connectivity index (χ3n) is 5.30. The molecule has 1 aromatic rings. The van der Waals surface area contributed by atoms with Crippen molar-refractivity contribution in [3.63, 3.8) is 0 Å². The predicted molar refractivity (Wildman–Crippen MR) is 80.7 cm³/mol. The van der Waals surface area contributed by atoms with Crippen LogP contribution in [0.4, 0.5) is 0 Å². The van der Waals surface area contributed by atoms with Gasteiger partial charge in [-0.25, -0.2) is 0 Å². The van der Waals surface area contributed by atoms with Crippen LogP contribution in [-0.2, 0) is 12.0 Å². The van der Waals surface area contributed by atoms with Crippen molar-refractivity contribution in [2.45, 2.75) is 77.8 Å². The van der Waals surface area contributed by atoms with E-state index in [0.29, 0.717) is 11.5 Å². The topological polar surface area (TPSA) is 42.7 Å². The van der Waals surface area contributed by atoms with Gasteiger partial charge in [0.05, 0.1) is 6.04 Å². The summed E-state index contributed by atoms with van der Waals surface area (Å²) >= 11 is 0. The maximum Gasteiger partial charge on any atom is 0.150 e. The molecular weight excluding hydrogens is 248 g/mol. The van der Waals surface area contributed by atoms with Gasteiger partial charge in [-0.2, -0.15) is 0 Å². The third kappa shape index (κ3) is 2.09. The smallest absolute Gasteiger partial charge is 0.150 e. The summed E-state index contributed by atoms with van der Waals surface area (Å²) in [4.78, 5) is 0. The minimum Gasteiger partial charge on any atom is -0.312 e. The summed E-state index contributed by atoms with van der Waals surface area (Å²) in [6.45, 7) is 11.2. The molecule has 0 saturated heterocycles. The summed E-state index contributed by atoms with van der Waals surface area (Å²) in [5.41, 5.74) is 0.475. The van der Waals surface area contributed by atoms with Crippen LogP contribution >= 0.6 is 0 Å². The lowest BCUT2D eigenvalue weighted by molar-refractivity contribution is 0.228. The number of fused-ring (bicyclic) bond motifs is 1. The fourth-order valence-corrected chi connectivity index (χ4v) is 4.03. The molecule has 1 atom stereocenters. The van der Waals surface area contributed by atoms with Gasteiger partial charge in [0.1, 0.15) is 5.82 Å². The van der Waals surface area contributed by atoms with Gasteiger partial charge in [0.2, 0.25) is 0 Å². The molecule has 1 aromatic heterocycles. The van der Waals surface area contributed by atoms with Crippen LogP contribution in [0.3, 0.4) is 0 Å². The molecule has 1 unspecified atom stereocenters. The molecule has 2 aliphatic rings. The van der Waals surface area contributed by atoms with Crippen molar-refractivity contribution < 1.29 is 0 Å². The molecule has 20 heavy (non-hydrogen) atoms. The summed E-state index contributed by atoms with van der Waals surface area (Å²) in [7, 11) is 0. The van der Waals surface area contributed by atoms with Crippen LogP contribution in [0.25, 0.3) is 0 Å². The van der Waals surface area contributed by atoms with Crippen molar-refractivity contribution in [3.8, 4) is 0 Å². The number of aromatic nitrogens is 3. The quantitative estimate of drug-likeness (QED) is 0.902.